The van der Waals surface area contributed by atoms with Crippen molar-refractivity contribution in [1.29, 1.82) is 0 Å². The first-order chi connectivity index (χ1) is 25.7. The summed E-state index contributed by atoms with van der Waals surface area (Å²) in [6, 6.07) is 60.2. The quantitative estimate of drug-likeness (QED) is 0.177. The normalized spacial score (nSPS) is 11.6. The van der Waals surface area contributed by atoms with E-state index in [1.54, 1.807) is 0 Å². The van der Waals surface area contributed by atoms with E-state index in [4.69, 9.17) is 9.97 Å². The standard InChI is InChI=1S/C47H33N5/c1-32-24-26-44-40(30-32)36-18-8-10-22-42(36)51(44)46-38(20-12-28-48-46)39-21-13-29-49-47(39)52-43-23-11-9-19-37(43)41-31-35(25-27-45(41)52)50(33-14-4-2-5-15-33)34-16-6-3-7-17-34/h2-31H,1H3. The predicted octanol–water partition coefficient (Wildman–Crippen LogP) is 12.1. The maximum atomic E-state index is 5.12. The summed E-state index contributed by atoms with van der Waals surface area (Å²) >= 11 is 0. The molecule has 0 amide bonds. The number of hydrogen-bond donors (Lipinski definition) is 0. The van der Waals surface area contributed by atoms with Crippen LogP contribution >= 0.6 is 0 Å². The predicted molar refractivity (Wildman–Crippen MR) is 216 cm³/mol. The van der Waals surface area contributed by atoms with E-state index in [1.165, 1.54) is 21.7 Å². The Morgan fingerprint density at radius 3 is 1.40 bits per heavy atom. The van der Waals surface area contributed by atoms with Crippen LogP contribution in [0.2, 0.25) is 0 Å². The van der Waals surface area contributed by atoms with Gasteiger partial charge in [-0.25, -0.2) is 9.97 Å². The van der Waals surface area contributed by atoms with Crippen molar-refractivity contribution in [2.45, 2.75) is 6.92 Å². The summed E-state index contributed by atoms with van der Waals surface area (Å²) in [5.74, 6) is 1.73. The minimum atomic E-state index is 0.857. The maximum Gasteiger partial charge on any atom is 0.145 e. The van der Waals surface area contributed by atoms with Crippen LogP contribution in [0.1, 0.15) is 5.56 Å². The Kier molecular flexibility index (Phi) is 6.96. The molecule has 0 spiro atoms. The summed E-state index contributed by atoms with van der Waals surface area (Å²) in [5, 5.41) is 4.76. The van der Waals surface area contributed by atoms with Crippen LogP contribution in [0.4, 0.5) is 17.1 Å². The van der Waals surface area contributed by atoms with Gasteiger partial charge >= 0.3 is 0 Å². The lowest BCUT2D eigenvalue weighted by molar-refractivity contribution is 1.06. The number of benzene rings is 6. The molecule has 4 heterocycles. The number of rotatable bonds is 6. The molecule has 0 N–H and O–H groups in total. The van der Waals surface area contributed by atoms with Gasteiger partial charge in [0, 0.05) is 62.1 Å². The van der Waals surface area contributed by atoms with Crippen molar-refractivity contribution in [2.75, 3.05) is 4.90 Å². The van der Waals surface area contributed by atoms with Gasteiger partial charge in [-0.2, -0.15) is 0 Å². The highest BCUT2D eigenvalue weighted by atomic mass is 15.1. The number of pyridine rings is 2. The lowest BCUT2D eigenvalue weighted by Crippen LogP contribution is -2.09. The molecule has 0 unspecified atom stereocenters. The van der Waals surface area contributed by atoms with Crippen LogP contribution in [0, 0.1) is 6.92 Å². The van der Waals surface area contributed by atoms with Gasteiger partial charge in [0.2, 0.25) is 0 Å². The molecule has 4 aromatic heterocycles. The van der Waals surface area contributed by atoms with Crippen molar-refractivity contribution in [3.05, 3.63) is 188 Å². The van der Waals surface area contributed by atoms with Crippen molar-refractivity contribution in [3.63, 3.8) is 0 Å². The van der Waals surface area contributed by atoms with Crippen LogP contribution in [0.3, 0.4) is 0 Å². The number of nitrogens with zero attached hydrogens (tertiary/aromatic N) is 5. The van der Waals surface area contributed by atoms with Gasteiger partial charge in [-0.3, -0.25) is 9.13 Å². The Labute approximate surface area is 301 Å². The highest BCUT2D eigenvalue weighted by molar-refractivity contribution is 6.12. The van der Waals surface area contributed by atoms with Crippen molar-refractivity contribution in [1.82, 2.24) is 19.1 Å². The van der Waals surface area contributed by atoms with Crippen molar-refractivity contribution < 1.29 is 0 Å². The maximum absolute atomic E-state index is 5.12. The molecular weight excluding hydrogens is 635 g/mol. The van der Waals surface area contributed by atoms with E-state index in [2.05, 4.69) is 179 Å². The van der Waals surface area contributed by atoms with Crippen molar-refractivity contribution >= 4 is 60.7 Å². The summed E-state index contributed by atoms with van der Waals surface area (Å²) in [6.07, 6.45) is 3.77. The molecule has 6 aromatic carbocycles. The molecule has 0 aliphatic heterocycles. The molecule has 5 heteroatoms. The highest BCUT2D eigenvalue weighted by Crippen LogP contribution is 2.42. The summed E-state index contributed by atoms with van der Waals surface area (Å²) in [5.41, 5.74) is 11.0. The van der Waals surface area contributed by atoms with E-state index < -0.39 is 0 Å². The smallest absolute Gasteiger partial charge is 0.145 e. The van der Waals surface area contributed by atoms with Crippen molar-refractivity contribution in [3.8, 4) is 22.8 Å². The van der Waals surface area contributed by atoms with Gasteiger partial charge < -0.3 is 4.90 Å². The molecule has 246 valence electrons. The molecule has 5 nitrogen and oxygen atoms in total. The first-order valence-corrected chi connectivity index (χ1v) is 17.6. The van der Waals surface area contributed by atoms with Gasteiger partial charge in [0.1, 0.15) is 11.6 Å². The fourth-order valence-electron chi connectivity index (χ4n) is 7.82. The second-order valence-electron chi connectivity index (χ2n) is 13.2. The number of para-hydroxylation sites is 4. The van der Waals surface area contributed by atoms with E-state index >= 15 is 0 Å². The number of anilines is 3. The molecule has 0 aliphatic rings. The monoisotopic (exact) mass is 667 g/mol. The Balaban J connectivity index is 1.21. The molecule has 0 fully saturated rings. The van der Waals surface area contributed by atoms with Gasteiger partial charge in [0.05, 0.1) is 22.1 Å². The molecule has 0 saturated heterocycles. The van der Waals surface area contributed by atoms with Crippen LogP contribution in [0.5, 0.6) is 0 Å². The first-order valence-electron chi connectivity index (χ1n) is 17.6. The SMILES string of the molecule is Cc1ccc2c(c1)c1ccccc1n2-c1ncccc1-c1cccnc1-n1c2ccccc2c2cc(N(c3ccccc3)c3ccccc3)ccc21. The molecule has 0 saturated carbocycles. The Morgan fingerprint density at radius 2 is 0.846 bits per heavy atom. The Bertz CT molecular complexity index is 2880. The van der Waals surface area contributed by atoms with Gasteiger partial charge in [-0.15, -0.1) is 0 Å². The molecule has 52 heavy (non-hydrogen) atoms. The zero-order chi connectivity index (χ0) is 34.6. The van der Waals surface area contributed by atoms with Crippen LogP contribution in [0.15, 0.2) is 182 Å². The third-order valence-corrected chi connectivity index (χ3v) is 10.1. The topological polar surface area (TPSA) is 38.9 Å². The van der Waals surface area contributed by atoms with E-state index in [1.807, 2.05) is 24.5 Å². The molecule has 0 radical (unpaired) electrons. The molecule has 0 aliphatic carbocycles. The van der Waals surface area contributed by atoms with Gasteiger partial charge in [-0.1, -0.05) is 84.4 Å². The fourth-order valence-corrected chi connectivity index (χ4v) is 7.82. The summed E-state index contributed by atoms with van der Waals surface area (Å²) in [4.78, 5) is 12.5. The first kappa shape index (κ1) is 29.9. The van der Waals surface area contributed by atoms with E-state index in [-0.39, 0.29) is 0 Å². The minimum Gasteiger partial charge on any atom is -0.310 e. The van der Waals surface area contributed by atoms with Crippen LogP contribution < -0.4 is 4.90 Å². The highest BCUT2D eigenvalue weighted by Gasteiger charge is 2.22. The second kappa shape index (κ2) is 12.1. The third-order valence-electron chi connectivity index (χ3n) is 10.1. The average Bonchev–Trinajstić information content (AvgIpc) is 3.71. The summed E-state index contributed by atoms with van der Waals surface area (Å²) < 4.78 is 4.61. The van der Waals surface area contributed by atoms with E-state index in [0.29, 0.717) is 0 Å². The van der Waals surface area contributed by atoms with Crippen molar-refractivity contribution in [2.24, 2.45) is 0 Å². The van der Waals surface area contributed by atoms with Gasteiger partial charge in [0.15, 0.2) is 0 Å². The Morgan fingerprint density at radius 1 is 0.385 bits per heavy atom. The molecule has 0 bridgehead atoms. The second-order valence-corrected chi connectivity index (χ2v) is 13.2. The largest absolute Gasteiger partial charge is 0.310 e. The summed E-state index contributed by atoms with van der Waals surface area (Å²) in [6.45, 7) is 2.15. The molecule has 0 atom stereocenters. The molecular formula is C47H33N5. The fraction of sp³-hybridized carbons (Fsp3) is 0.0213. The van der Waals surface area contributed by atoms with Gasteiger partial charge in [-0.05, 0) is 97.9 Å². The van der Waals surface area contributed by atoms with E-state index in [9.17, 15) is 0 Å². The number of aryl methyl sites for hydroxylation is 1. The lowest BCUT2D eigenvalue weighted by atomic mass is 10.1. The Hall–Kier alpha value is -6.98. The van der Waals surface area contributed by atoms with E-state index in [0.717, 1.165) is 67.3 Å². The van der Waals surface area contributed by atoms with Crippen LogP contribution in [0.25, 0.3) is 66.4 Å². The average molecular weight is 668 g/mol. The summed E-state index contributed by atoms with van der Waals surface area (Å²) in [7, 11) is 0. The lowest BCUT2D eigenvalue weighted by Gasteiger charge is -2.25. The van der Waals surface area contributed by atoms with Gasteiger partial charge in [0.25, 0.3) is 0 Å². The molecule has 10 rings (SSSR count). The number of fused-ring (bicyclic) bond motifs is 6. The third kappa shape index (κ3) is 4.71. The van der Waals surface area contributed by atoms with Crippen LogP contribution in [-0.2, 0) is 0 Å². The zero-order valence-corrected chi connectivity index (χ0v) is 28.6. The number of hydrogen-bond acceptors (Lipinski definition) is 3. The molecule has 10 aromatic rings. The number of aromatic nitrogens is 4. The minimum absolute atomic E-state index is 0.857. The zero-order valence-electron chi connectivity index (χ0n) is 28.6. The van der Waals surface area contributed by atoms with Crippen LogP contribution in [-0.4, -0.2) is 19.1 Å².